The summed E-state index contributed by atoms with van der Waals surface area (Å²) in [6.07, 6.45) is -3.74. The fourth-order valence-corrected chi connectivity index (χ4v) is 2.57. The second kappa shape index (κ2) is 7.07. The molecular formula is C15H15N3O8. The van der Waals surface area contributed by atoms with E-state index in [0.29, 0.717) is 5.75 Å². The second-order valence-corrected chi connectivity index (χ2v) is 5.63. The van der Waals surface area contributed by atoms with Crippen molar-refractivity contribution >= 4 is 5.69 Å². The summed E-state index contributed by atoms with van der Waals surface area (Å²) in [4.78, 5) is 35.0. The number of nitro benzene ring substituents is 1. The smallest absolute Gasteiger partial charge is 0.330 e. The highest BCUT2D eigenvalue weighted by atomic mass is 16.6. The first kappa shape index (κ1) is 17.8. The molecule has 0 amide bonds. The Kier molecular flexibility index (Phi) is 4.84. The monoisotopic (exact) mass is 365 g/mol. The van der Waals surface area contributed by atoms with Crippen LogP contribution in [0.4, 0.5) is 5.69 Å². The minimum Gasteiger partial charge on any atom is -0.491 e. The maximum atomic E-state index is 11.8. The van der Waals surface area contributed by atoms with E-state index in [4.69, 9.17) is 9.47 Å². The minimum atomic E-state index is -1.41. The molecule has 1 saturated heterocycles. The predicted molar refractivity (Wildman–Crippen MR) is 85.8 cm³/mol. The highest BCUT2D eigenvalue weighted by molar-refractivity contribution is 5.35. The molecule has 138 valence electrons. The van der Waals surface area contributed by atoms with Crippen LogP contribution in [-0.2, 0) is 4.74 Å². The Labute approximate surface area is 145 Å². The van der Waals surface area contributed by atoms with Gasteiger partial charge in [-0.1, -0.05) is 0 Å². The molecule has 1 aliphatic heterocycles. The Balaban J connectivity index is 1.68. The molecule has 1 aromatic carbocycles. The molecule has 11 nitrogen and oxygen atoms in total. The van der Waals surface area contributed by atoms with Crippen molar-refractivity contribution < 1.29 is 24.6 Å². The lowest BCUT2D eigenvalue weighted by Crippen LogP contribution is -2.37. The molecule has 0 bridgehead atoms. The Morgan fingerprint density at radius 2 is 1.88 bits per heavy atom. The SMILES string of the molecule is O=c1ccn([C@@H]2O[C@H](COc3ccc([N+](=O)[O-])cc3)[C@H](O)[C@H]2O)c(=O)[nH]1. The first-order valence-electron chi connectivity index (χ1n) is 7.57. The van der Waals surface area contributed by atoms with E-state index in [1.54, 1.807) is 0 Å². The van der Waals surface area contributed by atoms with E-state index >= 15 is 0 Å². The van der Waals surface area contributed by atoms with E-state index in [0.717, 1.165) is 16.8 Å². The predicted octanol–water partition coefficient (Wildman–Crippen LogP) is -0.857. The highest BCUT2D eigenvalue weighted by Crippen LogP contribution is 2.29. The van der Waals surface area contributed by atoms with Crippen LogP contribution in [0.3, 0.4) is 0 Å². The maximum Gasteiger partial charge on any atom is 0.330 e. The molecular weight excluding hydrogens is 350 g/mol. The number of non-ortho nitro benzene ring substituents is 1. The van der Waals surface area contributed by atoms with Gasteiger partial charge in [0, 0.05) is 24.4 Å². The molecule has 1 aromatic heterocycles. The standard InChI is InChI=1S/C15H15N3O8/c19-11-5-6-17(15(22)16-11)14-13(21)12(20)10(26-14)7-25-9-3-1-8(2-4-9)18(23)24/h1-6,10,12-14,20-21H,7H2,(H,16,19,22)/t10-,12+,13-,14-/m1/s1. The Hall–Kier alpha value is -3.02. The van der Waals surface area contributed by atoms with Crippen molar-refractivity contribution in [2.24, 2.45) is 0 Å². The van der Waals surface area contributed by atoms with Gasteiger partial charge in [-0.15, -0.1) is 0 Å². The molecule has 0 radical (unpaired) electrons. The summed E-state index contributed by atoms with van der Waals surface area (Å²) >= 11 is 0. The van der Waals surface area contributed by atoms with Crippen LogP contribution in [0, 0.1) is 10.1 Å². The summed E-state index contributed by atoms with van der Waals surface area (Å²) in [5.41, 5.74) is -1.48. The second-order valence-electron chi connectivity index (χ2n) is 5.63. The fraction of sp³-hybridized carbons (Fsp3) is 0.333. The zero-order valence-corrected chi connectivity index (χ0v) is 13.2. The van der Waals surface area contributed by atoms with Crippen LogP contribution in [0.1, 0.15) is 6.23 Å². The van der Waals surface area contributed by atoms with E-state index in [1.807, 2.05) is 4.98 Å². The van der Waals surface area contributed by atoms with Crippen LogP contribution in [0.15, 0.2) is 46.1 Å². The van der Waals surface area contributed by atoms with Gasteiger partial charge >= 0.3 is 5.69 Å². The van der Waals surface area contributed by atoms with Crippen molar-refractivity contribution in [3.8, 4) is 5.75 Å². The molecule has 3 rings (SSSR count). The third-order valence-corrected chi connectivity index (χ3v) is 3.92. The van der Waals surface area contributed by atoms with Crippen LogP contribution in [0.5, 0.6) is 5.75 Å². The molecule has 2 aromatic rings. The molecule has 0 aliphatic carbocycles. The van der Waals surface area contributed by atoms with E-state index in [1.165, 1.54) is 24.3 Å². The van der Waals surface area contributed by atoms with Gasteiger partial charge in [-0.25, -0.2) is 4.79 Å². The Morgan fingerprint density at radius 1 is 1.19 bits per heavy atom. The molecule has 1 aliphatic rings. The quantitative estimate of drug-likeness (QED) is 0.456. The number of aliphatic hydroxyl groups is 2. The van der Waals surface area contributed by atoms with Gasteiger partial charge in [-0.2, -0.15) is 0 Å². The fourth-order valence-electron chi connectivity index (χ4n) is 2.57. The summed E-state index contributed by atoms with van der Waals surface area (Å²) in [6.45, 7) is -0.162. The molecule has 1 fully saturated rings. The average molecular weight is 365 g/mol. The van der Waals surface area contributed by atoms with Crippen molar-refractivity contribution in [3.63, 3.8) is 0 Å². The van der Waals surface area contributed by atoms with Crippen molar-refractivity contribution in [3.05, 3.63) is 67.5 Å². The minimum absolute atomic E-state index is 0.0950. The first-order valence-corrected chi connectivity index (χ1v) is 7.57. The number of aromatic nitrogens is 2. The lowest BCUT2D eigenvalue weighted by atomic mass is 10.1. The first-order chi connectivity index (χ1) is 12.4. The summed E-state index contributed by atoms with van der Waals surface area (Å²) in [5.74, 6) is 0.311. The lowest BCUT2D eigenvalue weighted by Gasteiger charge is -2.16. The van der Waals surface area contributed by atoms with E-state index in [2.05, 4.69) is 0 Å². The van der Waals surface area contributed by atoms with E-state index in [9.17, 15) is 29.9 Å². The summed E-state index contributed by atoms with van der Waals surface area (Å²) in [5, 5.41) is 30.8. The maximum absolute atomic E-state index is 11.8. The van der Waals surface area contributed by atoms with Gasteiger partial charge in [0.05, 0.1) is 4.92 Å². The number of H-pyrrole nitrogens is 1. The third-order valence-electron chi connectivity index (χ3n) is 3.92. The van der Waals surface area contributed by atoms with Crippen molar-refractivity contribution in [1.29, 1.82) is 0 Å². The number of ether oxygens (including phenoxy) is 2. The number of nitrogens with zero attached hydrogens (tertiary/aromatic N) is 2. The molecule has 0 saturated carbocycles. The summed E-state index contributed by atoms with van der Waals surface area (Å²) in [6, 6.07) is 6.39. The van der Waals surface area contributed by atoms with Gasteiger partial charge in [-0.05, 0) is 12.1 Å². The third kappa shape index (κ3) is 3.49. The highest BCUT2D eigenvalue weighted by Gasteiger charge is 2.44. The number of benzene rings is 1. The van der Waals surface area contributed by atoms with Gasteiger partial charge in [0.15, 0.2) is 6.23 Å². The normalized spacial score (nSPS) is 25.2. The lowest BCUT2D eigenvalue weighted by molar-refractivity contribution is -0.384. The van der Waals surface area contributed by atoms with Gasteiger partial charge in [0.1, 0.15) is 30.7 Å². The average Bonchev–Trinajstić information content (AvgIpc) is 2.88. The molecule has 0 spiro atoms. The van der Waals surface area contributed by atoms with Crippen LogP contribution < -0.4 is 16.0 Å². The van der Waals surface area contributed by atoms with Gasteiger partial charge in [0.25, 0.3) is 11.2 Å². The largest absolute Gasteiger partial charge is 0.491 e. The van der Waals surface area contributed by atoms with E-state index in [-0.39, 0.29) is 12.3 Å². The van der Waals surface area contributed by atoms with Crippen molar-refractivity contribution in [1.82, 2.24) is 9.55 Å². The number of hydrogen-bond acceptors (Lipinski definition) is 8. The van der Waals surface area contributed by atoms with Crippen molar-refractivity contribution in [2.75, 3.05) is 6.61 Å². The summed E-state index contributed by atoms with van der Waals surface area (Å²) in [7, 11) is 0. The van der Waals surface area contributed by atoms with Crippen LogP contribution in [-0.4, -0.2) is 49.6 Å². The van der Waals surface area contributed by atoms with Gasteiger partial charge < -0.3 is 19.7 Å². The number of aliphatic hydroxyl groups excluding tert-OH is 2. The number of nitrogens with one attached hydrogen (secondary N) is 1. The Bertz CT molecular complexity index is 906. The molecule has 0 unspecified atom stereocenters. The van der Waals surface area contributed by atoms with Gasteiger partial charge in [-0.3, -0.25) is 24.5 Å². The van der Waals surface area contributed by atoms with Crippen LogP contribution in [0.25, 0.3) is 0 Å². The zero-order chi connectivity index (χ0) is 18.8. The van der Waals surface area contributed by atoms with Crippen LogP contribution in [0.2, 0.25) is 0 Å². The molecule has 4 atom stereocenters. The molecule has 2 heterocycles. The van der Waals surface area contributed by atoms with Crippen LogP contribution >= 0.6 is 0 Å². The number of aromatic amines is 1. The van der Waals surface area contributed by atoms with Crippen molar-refractivity contribution in [2.45, 2.75) is 24.5 Å². The Morgan fingerprint density at radius 3 is 2.50 bits per heavy atom. The number of hydrogen-bond donors (Lipinski definition) is 3. The number of rotatable bonds is 5. The molecule has 11 heteroatoms. The molecule has 3 N–H and O–H groups in total. The molecule has 26 heavy (non-hydrogen) atoms. The summed E-state index contributed by atoms with van der Waals surface area (Å²) < 4.78 is 11.9. The zero-order valence-electron chi connectivity index (χ0n) is 13.2. The van der Waals surface area contributed by atoms with Gasteiger partial charge in [0.2, 0.25) is 0 Å². The number of nitro groups is 1. The topological polar surface area (TPSA) is 157 Å². The van der Waals surface area contributed by atoms with E-state index < -0.39 is 40.7 Å².